The Morgan fingerprint density at radius 2 is 1.72 bits per heavy atom. The van der Waals surface area contributed by atoms with E-state index in [1.54, 1.807) is 5.56 Å². The van der Waals surface area contributed by atoms with E-state index in [1.165, 1.54) is 115 Å². The molecule has 2 saturated carbocycles. The molecule has 1 atom stereocenters. The lowest BCUT2D eigenvalue weighted by Gasteiger charge is -2.43. The van der Waals surface area contributed by atoms with Crippen molar-refractivity contribution in [2.45, 2.75) is 102 Å². The topological polar surface area (TPSA) is 24.5 Å². The van der Waals surface area contributed by atoms with Crippen molar-refractivity contribution in [3.05, 3.63) is 29.3 Å². The van der Waals surface area contributed by atoms with Crippen molar-refractivity contribution in [2.24, 2.45) is 11.3 Å². The molecule has 3 aliphatic carbocycles. The molecule has 1 heterocycles. The first-order valence-electron chi connectivity index (χ1n) is 14.0. The van der Waals surface area contributed by atoms with Gasteiger partial charge in [-0.3, -0.25) is 0 Å². The van der Waals surface area contributed by atoms with Crippen LogP contribution in [0.25, 0.3) is 0 Å². The molecule has 3 heteroatoms. The molecule has 3 nitrogen and oxygen atoms in total. The molecule has 1 unspecified atom stereocenters. The summed E-state index contributed by atoms with van der Waals surface area (Å²) in [4.78, 5) is 2.68. The molecule has 1 spiro atoms. The van der Waals surface area contributed by atoms with Gasteiger partial charge in [-0.2, -0.15) is 0 Å². The lowest BCUT2D eigenvalue weighted by molar-refractivity contribution is 0.107. The van der Waals surface area contributed by atoms with Crippen molar-refractivity contribution in [3.63, 3.8) is 0 Å². The smallest absolute Gasteiger partial charge is 0.119 e. The Kier molecular flexibility index (Phi) is 7.75. The quantitative estimate of drug-likeness (QED) is 0.493. The third kappa shape index (κ3) is 5.89. The zero-order valence-corrected chi connectivity index (χ0v) is 20.4. The Balaban J connectivity index is 0.982. The van der Waals surface area contributed by atoms with Gasteiger partial charge in [0, 0.05) is 12.6 Å². The average Bonchev–Trinajstić information content (AvgIpc) is 3.34. The summed E-state index contributed by atoms with van der Waals surface area (Å²) in [5.41, 5.74) is 3.85. The predicted molar refractivity (Wildman–Crippen MR) is 134 cm³/mol. The summed E-state index contributed by atoms with van der Waals surface area (Å²) in [5.74, 6) is 1.94. The average molecular weight is 439 g/mol. The van der Waals surface area contributed by atoms with Crippen LogP contribution in [0.3, 0.4) is 0 Å². The maximum absolute atomic E-state index is 6.14. The van der Waals surface area contributed by atoms with Crippen LogP contribution < -0.4 is 10.1 Å². The van der Waals surface area contributed by atoms with Crippen molar-refractivity contribution in [3.8, 4) is 5.75 Å². The highest BCUT2D eigenvalue weighted by molar-refractivity contribution is 5.37. The number of aryl methyl sites for hydroxylation is 1. The molecule has 0 bridgehead atoms. The van der Waals surface area contributed by atoms with E-state index in [9.17, 15) is 0 Å². The van der Waals surface area contributed by atoms with E-state index < -0.39 is 0 Å². The molecule has 178 valence electrons. The number of fused-ring (bicyclic) bond motifs is 1. The molecule has 0 radical (unpaired) electrons. The number of rotatable bonds is 8. The zero-order chi connectivity index (χ0) is 21.6. The van der Waals surface area contributed by atoms with Crippen molar-refractivity contribution >= 4 is 0 Å². The van der Waals surface area contributed by atoms with E-state index >= 15 is 0 Å². The molecule has 4 aliphatic rings. The Bertz CT molecular complexity index is 710. The second kappa shape index (κ2) is 10.9. The fourth-order valence-electron chi connectivity index (χ4n) is 7.19. The molecule has 1 aromatic carbocycles. The van der Waals surface area contributed by atoms with Gasteiger partial charge in [-0.25, -0.2) is 0 Å². The maximum Gasteiger partial charge on any atom is 0.119 e. The summed E-state index contributed by atoms with van der Waals surface area (Å²) in [7, 11) is 0. The Morgan fingerprint density at radius 3 is 2.53 bits per heavy atom. The third-order valence-corrected chi connectivity index (χ3v) is 9.21. The van der Waals surface area contributed by atoms with Gasteiger partial charge in [0.2, 0.25) is 0 Å². The number of nitrogens with one attached hydrogen (secondary N) is 1. The van der Waals surface area contributed by atoms with E-state index in [2.05, 4.69) is 28.4 Å². The summed E-state index contributed by atoms with van der Waals surface area (Å²) in [6.45, 7) is 5.90. The van der Waals surface area contributed by atoms with E-state index in [0.717, 1.165) is 42.7 Å². The van der Waals surface area contributed by atoms with Crippen molar-refractivity contribution in [2.75, 3.05) is 32.8 Å². The monoisotopic (exact) mass is 438 g/mol. The van der Waals surface area contributed by atoms with Gasteiger partial charge in [-0.1, -0.05) is 25.3 Å². The second-order valence-corrected chi connectivity index (χ2v) is 11.5. The molecule has 32 heavy (non-hydrogen) atoms. The number of nitrogens with zero attached hydrogens (tertiary/aromatic N) is 1. The SMILES string of the molecule is c1cc2c(cc1OCCCNC1CCC3(CCCCC3)CC1)CCC(CN1CCCC1)C2. The van der Waals surface area contributed by atoms with Crippen LogP contribution in [0.1, 0.15) is 94.6 Å². The summed E-state index contributed by atoms with van der Waals surface area (Å²) in [6.07, 6.45) is 20.9. The summed E-state index contributed by atoms with van der Waals surface area (Å²) in [6, 6.07) is 7.65. The Morgan fingerprint density at radius 1 is 0.906 bits per heavy atom. The maximum atomic E-state index is 6.14. The molecule has 5 rings (SSSR count). The largest absolute Gasteiger partial charge is 0.494 e. The Labute approximate surface area is 196 Å². The minimum atomic E-state index is 0.736. The number of hydrogen-bond donors (Lipinski definition) is 1. The summed E-state index contributed by atoms with van der Waals surface area (Å²) < 4.78 is 6.14. The molecule has 3 fully saturated rings. The molecule has 1 saturated heterocycles. The van der Waals surface area contributed by atoms with Gasteiger partial charge >= 0.3 is 0 Å². The highest BCUT2D eigenvalue weighted by Crippen LogP contribution is 2.47. The number of benzene rings is 1. The summed E-state index contributed by atoms with van der Waals surface area (Å²) in [5, 5.41) is 3.83. The molecular formula is C29H46N2O. The van der Waals surface area contributed by atoms with Crippen LogP contribution in [0.2, 0.25) is 0 Å². The van der Waals surface area contributed by atoms with Crippen LogP contribution >= 0.6 is 0 Å². The normalized spacial score (nSPS) is 26.3. The second-order valence-electron chi connectivity index (χ2n) is 11.5. The van der Waals surface area contributed by atoms with E-state index in [0.29, 0.717) is 0 Å². The van der Waals surface area contributed by atoms with E-state index in [-0.39, 0.29) is 0 Å². The minimum Gasteiger partial charge on any atom is -0.494 e. The van der Waals surface area contributed by atoms with Crippen LogP contribution in [-0.2, 0) is 12.8 Å². The first kappa shape index (κ1) is 22.7. The third-order valence-electron chi connectivity index (χ3n) is 9.21. The first-order valence-corrected chi connectivity index (χ1v) is 14.0. The van der Waals surface area contributed by atoms with Crippen LogP contribution in [0.4, 0.5) is 0 Å². The van der Waals surface area contributed by atoms with Gasteiger partial charge in [0.15, 0.2) is 0 Å². The minimum absolute atomic E-state index is 0.736. The highest BCUT2D eigenvalue weighted by Gasteiger charge is 2.35. The fraction of sp³-hybridized carbons (Fsp3) is 0.793. The predicted octanol–water partition coefficient (Wildman–Crippen LogP) is 6.14. The number of hydrogen-bond acceptors (Lipinski definition) is 3. The molecule has 1 aliphatic heterocycles. The zero-order valence-electron chi connectivity index (χ0n) is 20.4. The molecule has 1 N–H and O–H groups in total. The van der Waals surface area contributed by atoms with Crippen LogP contribution in [-0.4, -0.2) is 43.7 Å². The standard InChI is InChI=1S/C29H46N2O/c1-2-13-29(14-3-1)15-11-27(12-16-29)30-17-6-20-32-28-10-9-25-21-24(7-8-26(25)22-28)23-31-18-4-5-19-31/h9-10,22,24,27,30H,1-8,11-21,23H2. The fourth-order valence-corrected chi connectivity index (χ4v) is 7.19. The van der Waals surface area contributed by atoms with E-state index in [4.69, 9.17) is 4.74 Å². The lowest BCUT2D eigenvalue weighted by atomic mass is 9.64. The van der Waals surface area contributed by atoms with Gasteiger partial charge in [0.25, 0.3) is 0 Å². The summed E-state index contributed by atoms with van der Waals surface area (Å²) >= 11 is 0. The molecular weight excluding hydrogens is 392 g/mol. The van der Waals surface area contributed by atoms with Crippen molar-refractivity contribution < 1.29 is 4.74 Å². The first-order chi connectivity index (χ1) is 15.8. The van der Waals surface area contributed by atoms with Crippen LogP contribution in [0, 0.1) is 11.3 Å². The van der Waals surface area contributed by atoms with Crippen molar-refractivity contribution in [1.29, 1.82) is 0 Å². The molecule has 0 amide bonds. The van der Waals surface area contributed by atoms with Gasteiger partial charge in [-0.15, -0.1) is 0 Å². The van der Waals surface area contributed by atoms with Gasteiger partial charge in [-0.05, 0) is 131 Å². The van der Waals surface area contributed by atoms with Crippen molar-refractivity contribution in [1.82, 2.24) is 10.2 Å². The lowest BCUT2D eigenvalue weighted by Crippen LogP contribution is -2.39. The van der Waals surface area contributed by atoms with Gasteiger partial charge in [0.1, 0.15) is 5.75 Å². The number of likely N-dealkylation sites (tertiary alicyclic amines) is 1. The van der Waals surface area contributed by atoms with Gasteiger partial charge in [0.05, 0.1) is 6.61 Å². The number of ether oxygens (including phenoxy) is 1. The molecule has 1 aromatic rings. The van der Waals surface area contributed by atoms with E-state index in [1.807, 2.05) is 0 Å². The van der Waals surface area contributed by atoms with Gasteiger partial charge < -0.3 is 15.0 Å². The van der Waals surface area contributed by atoms with Crippen LogP contribution in [0.5, 0.6) is 5.75 Å². The Hall–Kier alpha value is -1.06. The van der Waals surface area contributed by atoms with Crippen LogP contribution in [0.15, 0.2) is 18.2 Å². The highest BCUT2D eigenvalue weighted by atomic mass is 16.5. The molecule has 0 aromatic heterocycles.